The van der Waals surface area contributed by atoms with Gasteiger partial charge in [-0.15, -0.1) is 0 Å². The van der Waals surface area contributed by atoms with Crippen molar-refractivity contribution in [2.24, 2.45) is 5.92 Å². The number of nitrogens with zero attached hydrogens (tertiary/aromatic N) is 1. The van der Waals surface area contributed by atoms with Crippen molar-refractivity contribution in [1.29, 1.82) is 0 Å². The van der Waals surface area contributed by atoms with E-state index in [1.165, 1.54) is 0 Å². The molecule has 1 aromatic heterocycles. The Morgan fingerprint density at radius 1 is 1.37 bits per heavy atom. The third-order valence-corrected chi connectivity index (χ3v) is 3.96. The van der Waals surface area contributed by atoms with Gasteiger partial charge in [-0.3, -0.25) is 4.98 Å². The summed E-state index contributed by atoms with van der Waals surface area (Å²) in [4.78, 5) is 4.36. The van der Waals surface area contributed by atoms with Gasteiger partial charge in [-0.1, -0.05) is 24.9 Å². The fourth-order valence-corrected chi connectivity index (χ4v) is 2.58. The number of hydrogen-bond acceptors (Lipinski definition) is 3. The summed E-state index contributed by atoms with van der Waals surface area (Å²) in [5.74, 6) is 2.11. The number of halogens is 1. The maximum Gasteiger partial charge on any atom is 0.145 e. The zero-order valence-electron chi connectivity index (χ0n) is 11.0. The quantitative estimate of drug-likeness (QED) is 0.786. The summed E-state index contributed by atoms with van der Waals surface area (Å²) >= 11 is 10.5. The van der Waals surface area contributed by atoms with Gasteiger partial charge in [-0.2, -0.15) is 12.6 Å². The lowest BCUT2D eigenvalue weighted by molar-refractivity contribution is 0.257. The SMILES string of the molecule is CCCC(CS)COc1ccc(Cl)c2cccnc12. The Morgan fingerprint density at radius 3 is 2.95 bits per heavy atom. The number of aromatic nitrogens is 1. The van der Waals surface area contributed by atoms with Crippen LogP contribution in [0.1, 0.15) is 19.8 Å². The van der Waals surface area contributed by atoms with Crippen molar-refractivity contribution in [3.63, 3.8) is 0 Å². The normalized spacial score (nSPS) is 12.6. The van der Waals surface area contributed by atoms with Crippen molar-refractivity contribution in [3.8, 4) is 5.75 Å². The molecule has 1 aromatic carbocycles. The number of fused-ring (bicyclic) bond motifs is 1. The third kappa shape index (κ3) is 3.54. The Hall–Kier alpha value is -0.930. The molecule has 0 fully saturated rings. The molecular formula is C15H18ClNOS. The first-order valence-electron chi connectivity index (χ1n) is 6.53. The summed E-state index contributed by atoms with van der Waals surface area (Å²) in [6, 6.07) is 7.58. The molecule has 1 atom stereocenters. The van der Waals surface area contributed by atoms with E-state index >= 15 is 0 Å². The van der Waals surface area contributed by atoms with Crippen LogP contribution in [0.4, 0.5) is 0 Å². The van der Waals surface area contributed by atoms with Crippen molar-refractivity contribution in [3.05, 3.63) is 35.5 Å². The van der Waals surface area contributed by atoms with Crippen LogP contribution in [0.15, 0.2) is 30.5 Å². The van der Waals surface area contributed by atoms with Gasteiger partial charge in [-0.25, -0.2) is 0 Å². The summed E-state index contributed by atoms with van der Waals surface area (Å²) in [6.45, 7) is 2.85. The Balaban J connectivity index is 2.19. The molecule has 102 valence electrons. The number of pyridine rings is 1. The van der Waals surface area contributed by atoms with Crippen LogP contribution in [0.25, 0.3) is 10.9 Å². The smallest absolute Gasteiger partial charge is 0.145 e. The lowest BCUT2D eigenvalue weighted by Gasteiger charge is -2.15. The first kappa shape index (κ1) is 14.5. The second kappa shape index (κ2) is 7.01. The van der Waals surface area contributed by atoms with Crippen molar-refractivity contribution < 1.29 is 4.74 Å². The summed E-state index contributed by atoms with van der Waals surface area (Å²) in [7, 11) is 0. The number of ether oxygens (including phenoxy) is 1. The van der Waals surface area contributed by atoms with Gasteiger partial charge in [0, 0.05) is 17.5 Å². The van der Waals surface area contributed by atoms with Crippen molar-refractivity contribution in [2.45, 2.75) is 19.8 Å². The van der Waals surface area contributed by atoms with Crippen LogP contribution in [0.5, 0.6) is 5.75 Å². The molecule has 2 rings (SSSR count). The van der Waals surface area contributed by atoms with E-state index in [4.69, 9.17) is 16.3 Å². The minimum absolute atomic E-state index is 0.475. The monoisotopic (exact) mass is 295 g/mol. The lowest BCUT2D eigenvalue weighted by atomic mass is 10.1. The van der Waals surface area contributed by atoms with Crippen LogP contribution in [0, 0.1) is 5.92 Å². The molecule has 0 N–H and O–H groups in total. The van der Waals surface area contributed by atoms with Crippen LogP contribution in [0.2, 0.25) is 5.02 Å². The zero-order valence-corrected chi connectivity index (χ0v) is 12.6. The third-order valence-electron chi connectivity index (χ3n) is 3.11. The molecule has 0 aliphatic heterocycles. The summed E-state index contributed by atoms with van der Waals surface area (Å²) < 4.78 is 5.91. The molecule has 2 aromatic rings. The minimum Gasteiger partial charge on any atom is -0.491 e. The Bertz CT molecular complexity index is 547. The van der Waals surface area contributed by atoms with Crippen LogP contribution in [0.3, 0.4) is 0 Å². The van der Waals surface area contributed by atoms with Crippen molar-refractivity contribution >= 4 is 35.1 Å². The molecule has 2 nitrogen and oxygen atoms in total. The highest BCUT2D eigenvalue weighted by Gasteiger charge is 2.10. The van der Waals surface area contributed by atoms with E-state index in [0.29, 0.717) is 17.5 Å². The highest BCUT2D eigenvalue weighted by molar-refractivity contribution is 7.80. The van der Waals surface area contributed by atoms with Gasteiger partial charge in [0.25, 0.3) is 0 Å². The first-order valence-corrected chi connectivity index (χ1v) is 7.54. The highest BCUT2D eigenvalue weighted by Crippen LogP contribution is 2.30. The molecule has 0 saturated carbocycles. The molecule has 4 heteroatoms. The molecule has 0 saturated heterocycles. The molecule has 19 heavy (non-hydrogen) atoms. The highest BCUT2D eigenvalue weighted by atomic mass is 35.5. The molecule has 0 aliphatic rings. The van der Waals surface area contributed by atoms with E-state index in [9.17, 15) is 0 Å². The van der Waals surface area contributed by atoms with Crippen LogP contribution >= 0.6 is 24.2 Å². The molecule has 0 radical (unpaired) electrons. The molecular weight excluding hydrogens is 278 g/mol. The van der Waals surface area contributed by atoms with E-state index < -0.39 is 0 Å². The van der Waals surface area contributed by atoms with Crippen LogP contribution in [-0.2, 0) is 0 Å². The van der Waals surface area contributed by atoms with E-state index in [0.717, 1.165) is 35.2 Å². The first-order chi connectivity index (χ1) is 9.26. The zero-order chi connectivity index (χ0) is 13.7. The molecule has 0 aliphatic carbocycles. The van der Waals surface area contributed by atoms with E-state index in [1.54, 1.807) is 6.20 Å². The van der Waals surface area contributed by atoms with E-state index in [1.807, 2.05) is 24.3 Å². The second-order valence-corrected chi connectivity index (χ2v) is 5.37. The fraction of sp³-hybridized carbons (Fsp3) is 0.400. The average Bonchev–Trinajstić information content (AvgIpc) is 2.45. The van der Waals surface area contributed by atoms with Gasteiger partial charge >= 0.3 is 0 Å². The second-order valence-electron chi connectivity index (χ2n) is 4.59. The topological polar surface area (TPSA) is 22.1 Å². The fourth-order valence-electron chi connectivity index (χ4n) is 2.07. The molecule has 0 spiro atoms. The minimum atomic E-state index is 0.475. The standard InChI is InChI=1S/C15H18ClNOS/c1-2-4-11(10-19)9-18-14-7-6-13(16)12-5-3-8-17-15(12)14/h3,5-8,11,19H,2,4,9-10H2,1H3. The Kier molecular flexibility index (Phi) is 5.34. The van der Waals surface area contributed by atoms with Gasteiger partial charge in [0.05, 0.1) is 11.6 Å². The van der Waals surface area contributed by atoms with E-state index in [-0.39, 0.29) is 0 Å². The predicted molar refractivity (Wildman–Crippen MR) is 84.5 cm³/mol. The van der Waals surface area contributed by atoms with E-state index in [2.05, 4.69) is 24.5 Å². The Labute approximate surface area is 124 Å². The summed E-state index contributed by atoms with van der Waals surface area (Å²) in [5.41, 5.74) is 0.824. The van der Waals surface area contributed by atoms with Gasteiger partial charge in [-0.05, 0) is 36.4 Å². The van der Waals surface area contributed by atoms with Gasteiger partial charge in [0.15, 0.2) is 0 Å². The van der Waals surface area contributed by atoms with Gasteiger partial charge in [0.1, 0.15) is 11.3 Å². The molecule has 1 heterocycles. The van der Waals surface area contributed by atoms with Crippen LogP contribution < -0.4 is 4.74 Å². The average molecular weight is 296 g/mol. The van der Waals surface area contributed by atoms with Crippen LogP contribution in [-0.4, -0.2) is 17.3 Å². The Morgan fingerprint density at radius 2 is 2.21 bits per heavy atom. The number of hydrogen-bond donors (Lipinski definition) is 1. The van der Waals surface area contributed by atoms with Gasteiger partial charge in [0.2, 0.25) is 0 Å². The van der Waals surface area contributed by atoms with Gasteiger partial charge < -0.3 is 4.74 Å². The summed E-state index contributed by atoms with van der Waals surface area (Å²) in [5, 5.41) is 1.63. The number of thiol groups is 1. The molecule has 0 amide bonds. The molecule has 0 bridgehead atoms. The predicted octanol–water partition coefficient (Wildman–Crippen LogP) is 4.61. The molecule has 1 unspecified atom stereocenters. The van der Waals surface area contributed by atoms with Crippen molar-refractivity contribution in [1.82, 2.24) is 4.98 Å². The number of benzene rings is 1. The maximum atomic E-state index is 6.16. The number of rotatable bonds is 6. The lowest BCUT2D eigenvalue weighted by Crippen LogP contribution is -2.13. The van der Waals surface area contributed by atoms with Crippen molar-refractivity contribution in [2.75, 3.05) is 12.4 Å². The summed E-state index contributed by atoms with van der Waals surface area (Å²) in [6.07, 6.45) is 4.03. The largest absolute Gasteiger partial charge is 0.491 e. The maximum absolute atomic E-state index is 6.16.